The van der Waals surface area contributed by atoms with Gasteiger partial charge in [-0.2, -0.15) is 5.26 Å². The SMILES string of the molecule is CC1OCCC1C(=O)C(C#N)c1cccc(Cl)c1F. The van der Waals surface area contributed by atoms with E-state index in [1.165, 1.54) is 18.2 Å². The summed E-state index contributed by atoms with van der Waals surface area (Å²) in [5.41, 5.74) is 0.0408. The summed E-state index contributed by atoms with van der Waals surface area (Å²) in [6.07, 6.45) is 0.339. The number of halogens is 2. The van der Waals surface area contributed by atoms with Crippen molar-refractivity contribution >= 4 is 17.4 Å². The van der Waals surface area contributed by atoms with Crippen molar-refractivity contribution in [3.63, 3.8) is 0 Å². The summed E-state index contributed by atoms with van der Waals surface area (Å²) in [6, 6.07) is 6.23. The fraction of sp³-hybridized carbons (Fsp3) is 0.429. The van der Waals surface area contributed by atoms with Gasteiger partial charge in [-0.3, -0.25) is 4.79 Å². The molecule has 100 valence electrons. The smallest absolute Gasteiger partial charge is 0.160 e. The molecule has 5 heteroatoms. The van der Waals surface area contributed by atoms with Crippen molar-refractivity contribution in [2.45, 2.75) is 25.4 Å². The number of hydrogen-bond donors (Lipinski definition) is 0. The van der Waals surface area contributed by atoms with Crippen molar-refractivity contribution in [2.75, 3.05) is 6.61 Å². The molecule has 1 aliphatic heterocycles. The molecule has 19 heavy (non-hydrogen) atoms. The molecule has 1 saturated heterocycles. The number of hydrogen-bond acceptors (Lipinski definition) is 3. The fourth-order valence-electron chi connectivity index (χ4n) is 2.35. The molecule has 0 saturated carbocycles. The van der Waals surface area contributed by atoms with Crippen LogP contribution in [-0.4, -0.2) is 18.5 Å². The summed E-state index contributed by atoms with van der Waals surface area (Å²) >= 11 is 5.69. The van der Waals surface area contributed by atoms with Gasteiger partial charge in [0.15, 0.2) is 5.78 Å². The first kappa shape index (κ1) is 14.0. The van der Waals surface area contributed by atoms with Crippen LogP contribution < -0.4 is 0 Å². The predicted octanol–water partition coefficient (Wildman–Crippen LogP) is 3.08. The number of carbonyl (C=O) groups is 1. The van der Waals surface area contributed by atoms with Gasteiger partial charge in [-0.25, -0.2) is 4.39 Å². The van der Waals surface area contributed by atoms with E-state index in [0.717, 1.165) is 0 Å². The number of nitrogens with zero attached hydrogens (tertiary/aromatic N) is 1. The first-order chi connectivity index (χ1) is 9.06. The Hall–Kier alpha value is -1.44. The van der Waals surface area contributed by atoms with Crippen molar-refractivity contribution in [2.24, 2.45) is 5.92 Å². The van der Waals surface area contributed by atoms with E-state index in [1.807, 2.05) is 6.07 Å². The molecule has 0 bridgehead atoms. The second-order valence-electron chi connectivity index (χ2n) is 4.58. The Bertz CT molecular complexity index is 541. The average Bonchev–Trinajstić information content (AvgIpc) is 2.81. The minimum Gasteiger partial charge on any atom is -0.378 e. The summed E-state index contributed by atoms with van der Waals surface area (Å²) in [6.45, 7) is 2.28. The van der Waals surface area contributed by atoms with Crippen molar-refractivity contribution in [1.82, 2.24) is 0 Å². The van der Waals surface area contributed by atoms with Crippen LogP contribution >= 0.6 is 11.6 Å². The molecule has 1 aromatic rings. The first-order valence-electron chi connectivity index (χ1n) is 6.05. The molecular formula is C14H13ClFNO2. The minimum absolute atomic E-state index is 0.0408. The van der Waals surface area contributed by atoms with Crippen molar-refractivity contribution in [3.05, 3.63) is 34.6 Å². The standard InChI is InChI=1S/C14H13ClFNO2/c1-8-9(5-6-19-8)14(18)11(7-17)10-3-2-4-12(15)13(10)16/h2-4,8-9,11H,5-6H2,1H3. The van der Waals surface area contributed by atoms with Crippen LogP contribution in [0, 0.1) is 23.1 Å². The van der Waals surface area contributed by atoms with Gasteiger partial charge in [0.05, 0.1) is 17.2 Å². The lowest BCUT2D eigenvalue weighted by atomic mass is 9.85. The van der Waals surface area contributed by atoms with Gasteiger partial charge in [0.25, 0.3) is 0 Å². The Kier molecular flexibility index (Phi) is 4.18. The molecular weight excluding hydrogens is 269 g/mol. The van der Waals surface area contributed by atoms with Crippen LogP contribution in [0.25, 0.3) is 0 Å². The summed E-state index contributed by atoms with van der Waals surface area (Å²) in [7, 11) is 0. The maximum Gasteiger partial charge on any atom is 0.160 e. The van der Waals surface area contributed by atoms with E-state index in [0.29, 0.717) is 13.0 Å². The summed E-state index contributed by atoms with van der Waals surface area (Å²) < 4.78 is 19.2. The normalized spacial score (nSPS) is 23.9. The van der Waals surface area contributed by atoms with E-state index in [4.69, 9.17) is 16.3 Å². The van der Waals surface area contributed by atoms with Gasteiger partial charge in [-0.15, -0.1) is 0 Å². The van der Waals surface area contributed by atoms with Crippen LogP contribution in [0.3, 0.4) is 0 Å². The lowest BCUT2D eigenvalue weighted by Gasteiger charge is -2.17. The highest BCUT2D eigenvalue weighted by Gasteiger charge is 2.36. The number of ketones is 1. The zero-order valence-electron chi connectivity index (χ0n) is 10.4. The van der Waals surface area contributed by atoms with E-state index in [1.54, 1.807) is 6.92 Å². The maximum absolute atomic E-state index is 13.9. The second kappa shape index (κ2) is 5.68. The van der Waals surface area contributed by atoms with Gasteiger partial charge in [0.2, 0.25) is 0 Å². The summed E-state index contributed by atoms with van der Waals surface area (Å²) in [5.74, 6) is -2.49. The van der Waals surface area contributed by atoms with Crippen molar-refractivity contribution in [3.8, 4) is 6.07 Å². The van der Waals surface area contributed by atoms with Crippen molar-refractivity contribution in [1.29, 1.82) is 5.26 Å². The first-order valence-corrected chi connectivity index (χ1v) is 6.43. The van der Waals surface area contributed by atoms with E-state index in [-0.39, 0.29) is 28.4 Å². The van der Waals surface area contributed by atoms with E-state index < -0.39 is 11.7 Å². The molecule has 0 spiro atoms. The van der Waals surface area contributed by atoms with Gasteiger partial charge in [-0.05, 0) is 19.4 Å². The summed E-state index contributed by atoms with van der Waals surface area (Å²) in [4.78, 5) is 12.3. The minimum atomic E-state index is -1.13. The van der Waals surface area contributed by atoms with E-state index in [2.05, 4.69) is 0 Å². The molecule has 1 aromatic carbocycles. The second-order valence-corrected chi connectivity index (χ2v) is 4.99. The number of rotatable bonds is 3. The topological polar surface area (TPSA) is 50.1 Å². The molecule has 3 nitrogen and oxygen atoms in total. The van der Waals surface area contributed by atoms with Crippen LogP contribution in [0.5, 0.6) is 0 Å². The summed E-state index contributed by atoms with van der Waals surface area (Å²) in [5, 5.41) is 9.11. The lowest BCUT2D eigenvalue weighted by Crippen LogP contribution is -2.27. The van der Waals surface area contributed by atoms with Gasteiger partial charge in [0, 0.05) is 18.1 Å². The largest absolute Gasteiger partial charge is 0.378 e. The molecule has 0 aromatic heterocycles. The predicted molar refractivity (Wildman–Crippen MR) is 68.3 cm³/mol. The Labute approximate surface area is 115 Å². The molecule has 0 N–H and O–H groups in total. The molecule has 0 aliphatic carbocycles. The van der Waals surface area contributed by atoms with Crippen LogP contribution in [0.15, 0.2) is 18.2 Å². The Balaban J connectivity index is 2.32. The monoisotopic (exact) mass is 281 g/mol. The number of Topliss-reactive ketones (excluding diaryl/α,β-unsaturated/α-hetero) is 1. The Morgan fingerprint density at radius 3 is 2.95 bits per heavy atom. The number of carbonyl (C=O) groups excluding carboxylic acids is 1. The van der Waals surface area contributed by atoms with Gasteiger partial charge < -0.3 is 4.74 Å². The maximum atomic E-state index is 13.9. The number of benzene rings is 1. The number of nitriles is 1. The molecule has 1 aliphatic rings. The quantitative estimate of drug-likeness (QED) is 0.855. The fourth-order valence-corrected chi connectivity index (χ4v) is 2.53. The van der Waals surface area contributed by atoms with Crippen LogP contribution in [0.2, 0.25) is 5.02 Å². The highest BCUT2D eigenvalue weighted by molar-refractivity contribution is 6.30. The van der Waals surface area contributed by atoms with Crippen molar-refractivity contribution < 1.29 is 13.9 Å². The Morgan fingerprint density at radius 2 is 2.37 bits per heavy atom. The van der Waals surface area contributed by atoms with Crippen LogP contribution in [0.1, 0.15) is 24.8 Å². The van der Waals surface area contributed by atoms with Gasteiger partial charge >= 0.3 is 0 Å². The lowest BCUT2D eigenvalue weighted by molar-refractivity contribution is -0.124. The zero-order valence-corrected chi connectivity index (χ0v) is 11.2. The van der Waals surface area contributed by atoms with Crippen LogP contribution in [-0.2, 0) is 9.53 Å². The Morgan fingerprint density at radius 1 is 1.63 bits per heavy atom. The molecule has 3 atom stereocenters. The van der Waals surface area contributed by atoms with Gasteiger partial charge in [-0.1, -0.05) is 23.7 Å². The third kappa shape index (κ3) is 2.63. The molecule has 1 heterocycles. The molecule has 1 fully saturated rings. The average molecular weight is 282 g/mol. The van der Waals surface area contributed by atoms with E-state index in [9.17, 15) is 14.4 Å². The molecule has 0 amide bonds. The van der Waals surface area contributed by atoms with E-state index >= 15 is 0 Å². The highest BCUT2D eigenvalue weighted by Crippen LogP contribution is 2.31. The number of ether oxygens (including phenoxy) is 1. The molecule has 3 unspecified atom stereocenters. The molecule has 0 radical (unpaired) electrons. The van der Waals surface area contributed by atoms with Crippen LogP contribution in [0.4, 0.5) is 4.39 Å². The zero-order chi connectivity index (χ0) is 14.0. The highest BCUT2D eigenvalue weighted by atomic mass is 35.5. The third-order valence-electron chi connectivity index (χ3n) is 3.45. The van der Waals surface area contributed by atoms with Gasteiger partial charge in [0.1, 0.15) is 11.7 Å². The third-order valence-corrected chi connectivity index (χ3v) is 3.74. The molecule has 2 rings (SSSR count).